The lowest BCUT2D eigenvalue weighted by Gasteiger charge is -2.35. The van der Waals surface area contributed by atoms with E-state index < -0.39 is 5.97 Å². The zero-order valence-corrected chi connectivity index (χ0v) is 15.7. The van der Waals surface area contributed by atoms with Crippen molar-refractivity contribution in [1.82, 2.24) is 4.90 Å². The molecule has 1 atom stereocenters. The van der Waals surface area contributed by atoms with Crippen LogP contribution in [0.1, 0.15) is 36.4 Å². The first-order valence-corrected chi connectivity index (χ1v) is 9.44. The predicted octanol–water partition coefficient (Wildman–Crippen LogP) is 3.06. The van der Waals surface area contributed by atoms with Gasteiger partial charge in [-0.1, -0.05) is 48.5 Å². The minimum atomic E-state index is -0.752. The second-order valence-corrected chi connectivity index (χ2v) is 7.27. The molecular formula is C22H25N3O3. The molecule has 0 amide bonds. The molecule has 4 N–H and O–H groups in total. The Labute approximate surface area is 164 Å². The molecule has 2 aromatic carbocycles. The number of rotatable bonds is 7. The zero-order chi connectivity index (χ0) is 20.1. The molecule has 1 aliphatic heterocycles. The van der Waals surface area contributed by atoms with Gasteiger partial charge in [0.25, 0.3) is 0 Å². The smallest absolute Gasteiger partial charge is 0.303 e. The van der Waals surface area contributed by atoms with Gasteiger partial charge in [0, 0.05) is 12.0 Å². The molecule has 0 bridgehead atoms. The molecule has 3 rings (SSSR count). The first kappa shape index (κ1) is 19.8. The summed E-state index contributed by atoms with van der Waals surface area (Å²) in [5.41, 5.74) is 9.17. The van der Waals surface area contributed by atoms with Crippen LogP contribution in [-0.2, 0) is 9.59 Å². The van der Waals surface area contributed by atoms with Crippen LogP contribution < -0.4 is 5.73 Å². The van der Waals surface area contributed by atoms with Crippen LogP contribution in [0.4, 0.5) is 0 Å². The Morgan fingerprint density at radius 3 is 2.11 bits per heavy atom. The van der Waals surface area contributed by atoms with E-state index in [1.807, 2.05) is 48.5 Å². The second-order valence-electron chi connectivity index (χ2n) is 7.27. The molecule has 1 saturated heterocycles. The number of piperidine rings is 1. The number of nitrogens with zero attached hydrogens (tertiary/aromatic N) is 1. The van der Waals surface area contributed by atoms with E-state index in [0.29, 0.717) is 5.56 Å². The number of hydrogen-bond acceptors (Lipinski definition) is 4. The number of carboxylic acids is 1. The van der Waals surface area contributed by atoms with Crippen molar-refractivity contribution in [3.63, 3.8) is 0 Å². The Hall–Kier alpha value is -2.99. The molecule has 6 heteroatoms. The fourth-order valence-corrected chi connectivity index (χ4v) is 3.77. The maximum atomic E-state index is 11.8. The lowest BCUT2D eigenvalue weighted by molar-refractivity contribution is -0.138. The molecule has 0 saturated carbocycles. The Bertz CT molecular complexity index is 838. The van der Waals surface area contributed by atoms with Gasteiger partial charge >= 0.3 is 5.97 Å². The average Bonchev–Trinajstić information content (AvgIpc) is 2.70. The van der Waals surface area contributed by atoms with Gasteiger partial charge in [-0.3, -0.25) is 15.1 Å². The van der Waals surface area contributed by atoms with Gasteiger partial charge in [-0.15, -0.1) is 0 Å². The monoisotopic (exact) mass is 379 g/mol. The number of carbonyl (C=O) groups excluding carboxylic acids is 1. The van der Waals surface area contributed by atoms with Crippen LogP contribution in [0, 0.1) is 11.3 Å². The molecule has 28 heavy (non-hydrogen) atoms. The van der Waals surface area contributed by atoms with E-state index >= 15 is 0 Å². The van der Waals surface area contributed by atoms with E-state index in [9.17, 15) is 9.59 Å². The van der Waals surface area contributed by atoms with Gasteiger partial charge in [0.05, 0.1) is 6.04 Å². The molecule has 0 aromatic heterocycles. The molecule has 1 fully saturated rings. The summed E-state index contributed by atoms with van der Waals surface area (Å²) in [5.74, 6) is -0.512. The summed E-state index contributed by atoms with van der Waals surface area (Å²) < 4.78 is 0. The highest BCUT2D eigenvalue weighted by Gasteiger charge is 2.26. The normalized spacial score (nSPS) is 16.4. The highest BCUT2D eigenvalue weighted by Crippen LogP contribution is 2.29. The summed E-state index contributed by atoms with van der Waals surface area (Å²) in [6, 6.07) is 15.1. The van der Waals surface area contributed by atoms with Gasteiger partial charge in [0.2, 0.25) is 0 Å². The van der Waals surface area contributed by atoms with Crippen LogP contribution in [0.5, 0.6) is 0 Å². The highest BCUT2D eigenvalue weighted by molar-refractivity contribution is 5.95. The number of likely N-dealkylation sites (tertiary alicyclic amines) is 1. The van der Waals surface area contributed by atoms with Gasteiger partial charge in [-0.2, -0.15) is 0 Å². The van der Waals surface area contributed by atoms with Gasteiger partial charge in [0.1, 0.15) is 12.1 Å². The van der Waals surface area contributed by atoms with Crippen LogP contribution >= 0.6 is 0 Å². The quantitative estimate of drug-likeness (QED) is 0.389. The molecule has 0 aliphatic carbocycles. The number of nitrogen functional groups attached to an aromatic ring is 1. The maximum absolute atomic E-state index is 11.8. The SMILES string of the molecule is N=C(N)c1ccc(-c2ccc(C(C=O)N3CCC(CC(=O)O)CC3)cc2)cc1. The molecule has 1 aliphatic rings. The topological polar surface area (TPSA) is 107 Å². The fraction of sp³-hybridized carbons (Fsp3) is 0.318. The van der Waals surface area contributed by atoms with E-state index in [2.05, 4.69) is 4.90 Å². The lowest BCUT2D eigenvalue weighted by atomic mass is 9.91. The van der Waals surface area contributed by atoms with E-state index in [4.69, 9.17) is 16.2 Å². The molecule has 146 valence electrons. The van der Waals surface area contributed by atoms with Crippen molar-refractivity contribution in [2.24, 2.45) is 11.7 Å². The number of amidine groups is 1. The van der Waals surface area contributed by atoms with Crippen LogP contribution in [0.25, 0.3) is 11.1 Å². The van der Waals surface area contributed by atoms with Crippen molar-refractivity contribution in [2.45, 2.75) is 25.3 Å². The summed E-state index contributed by atoms with van der Waals surface area (Å²) in [6.07, 6.45) is 2.78. The molecule has 1 unspecified atom stereocenters. The predicted molar refractivity (Wildman–Crippen MR) is 108 cm³/mol. The van der Waals surface area contributed by atoms with Crippen LogP contribution in [-0.4, -0.2) is 41.2 Å². The maximum Gasteiger partial charge on any atom is 0.303 e. The summed E-state index contributed by atoms with van der Waals surface area (Å²) >= 11 is 0. The Morgan fingerprint density at radius 1 is 1.11 bits per heavy atom. The fourth-order valence-electron chi connectivity index (χ4n) is 3.77. The van der Waals surface area contributed by atoms with Crippen LogP contribution in [0.2, 0.25) is 0 Å². The number of aliphatic carboxylic acids is 1. The molecule has 2 aromatic rings. The van der Waals surface area contributed by atoms with Crippen molar-refractivity contribution >= 4 is 18.1 Å². The summed E-state index contributed by atoms with van der Waals surface area (Å²) in [7, 11) is 0. The molecule has 1 heterocycles. The number of nitrogens with two attached hydrogens (primary N) is 1. The zero-order valence-electron chi connectivity index (χ0n) is 15.7. The number of carboxylic acid groups (broad SMARTS) is 1. The average molecular weight is 379 g/mol. The largest absolute Gasteiger partial charge is 0.481 e. The summed E-state index contributed by atoms with van der Waals surface area (Å²) in [4.78, 5) is 24.8. The second kappa shape index (κ2) is 8.80. The van der Waals surface area contributed by atoms with E-state index in [1.165, 1.54) is 0 Å². The number of aldehydes is 1. The van der Waals surface area contributed by atoms with Crippen molar-refractivity contribution in [3.8, 4) is 11.1 Å². The van der Waals surface area contributed by atoms with Crippen LogP contribution in [0.3, 0.4) is 0 Å². The number of benzene rings is 2. The molecule has 0 spiro atoms. The van der Waals surface area contributed by atoms with E-state index in [0.717, 1.165) is 48.9 Å². The molecular weight excluding hydrogens is 354 g/mol. The van der Waals surface area contributed by atoms with E-state index in [-0.39, 0.29) is 24.2 Å². The van der Waals surface area contributed by atoms with Crippen molar-refractivity contribution in [3.05, 3.63) is 59.7 Å². The number of hydrogen-bond donors (Lipinski definition) is 3. The first-order chi connectivity index (χ1) is 13.5. The third-order valence-corrected chi connectivity index (χ3v) is 5.42. The van der Waals surface area contributed by atoms with Gasteiger partial charge in [0.15, 0.2) is 0 Å². The Morgan fingerprint density at radius 2 is 1.64 bits per heavy atom. The molecule has 0 radical (unpaired) electrons. The lowest BCUT2D eigenvalue weighted by Crippen LogP contribution is -2.37. The standard InChI is InChI=1S/C22H25N3O3/c23-22(24)19-7-3-17(4-8-19)16-1-5-18(6-2-16)20(14-26)25-11-9-15(10-12-25)13-21(27)28/h1-8,14-15,20H,9-13H2,(H3,23,24)(H,27,28). The first-order valence-electron chi connectivity index (χ1n) is 9.44. The number of carbonyl (C=O) groups is 2. The number of nitrogens with one attached hydrogen (secondary N) is 1. The highest BCUT2D eigenvalue weighted by atomic mass is 16.4. The Balaban J connectivity index is 1.68. The third kappa shape index (κ3) is 4.64. The van der Waals surface area contributed by atoms with Crippen molar-refractivity contribution in [2.75, 3.05) is 13.1 Å². The van der Waals surface area contributed by atoms with Crippen molar-refractivity contribution < 1.29 is 14.7 Å². The van der Waals surface area contributed by atoms with E-state index in [1.54, 1.807) is 0 Å². The summed E-state index contributed by atoms with van der Waals surface area (Å²) in [5, 5.41) is 16.4. The third-order valence-electron chi connectivity index (χ3n) is 5.42. The molecule has 6 nitrogen and oxygen atoms in total. The van der Waals surface area contributed by atoms with Gasteiger partial charge in [-0.25, -0.2) is 0 Å². The van der Waals surface area contributed by atoms with Crippen molar-refractivity contribution in [1.29, 1.82) is 5.41 Å². The van der Waals surface area contributed by atoms with Gasteiger partial charge < -0.3 is 15.6 Å². The minimum Gasteiger partial charge on any atom is -0.481 e. The minimum absolute atomic E-state index is 0.0443. The Kier molecular flexibility index (Phi) is 6.21. The van der Waals surface area contributed by atoms with Gasteiger partial charge in [-0.05, 0) is 48.5 Å². The van der Waals surface area contributed by atoms with Crippen LogP contribution in [0.15, 0.2) is 48.5 Å². The summed E-state index contributed by atoms with van der Waals surface area (Å²) in [6.45, 7) is 1.46.